The Labute approximate surface area is 365 Å². The highest BCUT2D eigenvalue weighted by molar-refractivity contribution is 6.18. The minimum absolute atomic E-state index is 0.650. The van der Waals surface area contributed by atoms with E-state index < -0.39 is 5.41 Å². The second-order valence-electron chi connectivity index (χ2n) is 17.1. The number of rotatable bonds is 4. The molecule has 2 nitrogen and oxygen atoms in total. The van der Waals surface area contributed by atoms with Crippen molar-refractivity contribution in [2.45, 2.75) is 5.41 Å². The van der Waals surface area contributed by atoms with Gasteiger partial charge in [-0.05, 0) is 92.0 Å². The monoisotopic (exact) mass is 798 g/mol. The fourth-order valence-electron chi connectivity index (χ4n) is 11.7. The molecule has 0 amide bonds. The number of aromatic nitrogens is 2. The molecule has 0 bridgehead atoms. The Kier molecular flexibility index (Phi) is 7.07. The number of nitrogens with zero attached hydrogens (tertiary/aromatic N) is 2. The maximum atomic E-state index is 2.57. The summed E-state index contributed by atoms with van der Waals surface area (Å²) >= 11 is 0. The first kappa shape index (κ1) is 34.5. The molecule has 0 unspecified atom stereocenters. The molecule has 2 aliphatic carbocycles. The van der Waals surface area contributed by atoms with E-state index in [9.17, 15) is 0 Å². The molecule has 12 aromatic rings. The lowest BCUT2D eigenvalue weighted by Crippen LogP contribution is -2.27. The Balaban J connectivity index is 1.18. The first-order valence-corrected chi connectivity index (χ1v) is 21.9. The molecule has 0 fully saturated rings. The second kappa shape index (κ2) is 12.9. The van der Waals surface area contributed by atoms with Crippen LogP contribution in [0.4, 0.5) is 0 Å². The van der Waals surface area contributed by atoms with Crippen LogP contribution in [0.1, 0.15) is 22.3 Å². The number of benzene rings is 10. The summed E-state index contributed by atoms with van der Waals surface area (Å²) in [6, 6.07) is 85.9. The molecule has 0 atom stereocenters. The third-order valence-electron chi connectivity index (χ3n) is 14.1. The summed E-state index contributed by atoms with van der Waals surface area (Å²) in [5.41, 5.74) is 21.9. The summed E-state index contributed by atoms with van der Waals surface area (Å²) in [4.78, 5) is 0. The molecule has 0 aliphatic heterocycles. The standard InChI is InChI=1S/C61H38N2/c1-3-17-39(18-4-1)41-21-15-23-43(37-41)62-55-31-13-9-27-47(55)51-35-33-49-45-25-7-11-29-53(45)61(57(49)59(51)62)54-30-12-8-26-46(54)50-34-36-52-48-28-10-14-32-56(48)63(60(52)58(50)61)44-24-16-22-42(38-44)40-19-5-2-6-20-40/h1-38H. The molecule has 292 valence electrons. The average Bonchev–Trinajstić information content (AvgIpc) is 4.07. The van der Waals surface area contributed by atoms with E-state index in [2.05, 4.69) is 240 Å². The Morgan fingerprint density at radius 3 is 1.14 bits per heavy atom. The molecule has 2 heteroatoms. The van der Waals surface area contributed by atoms with Crippen LogP contribution in [0.25, 0.3) is 99.5 Å². The molecule has 2 heterocycles. The lowest BCUT2D eigenvalue weighted by atomic mass is 9.69. The third kappa shape index (κ3) is 4.57. The van der Waals surface area contributed by atoms with Crippen LogP contribution in [-0.4, -0.2) is 9.13 Å². The zero-order valence-corrected chi connectivity index (χ0v) is 34.3. The summed E-state index contributed by atoms with van der Waals surface area (Å²) in [7, 11) is 0. The number of hydrogen-bond acceptors (Lipinski definition) is 0. The predicted octanol–water partition coefficient (Wildman–Crippen LogP) is 15.6. The van der Waals surface area contributed by atoms with Crippen molar-refractivity contribution in [3.8, 4) is 55.9 Å². The fraction of sp³-hybridized carbons (Fsp3) is 0.0164. The number of para-hydroxylation sites is 2. The zero-order chi connectivity index (χ0) is 41.2. The molecule has 0 saturated carbocycles. The maximum absolute atomic E-state index is 2.57. The van der Waals surface area contributed by atoms with Crippen LogP contribution >= 0.6 is 0 Å². The lowest BCUT2D eigenvalue weighted by molar-refractivity contribution is 0.800. The largest absolute Gasteiger partial charge is 0.309 e. The molecular formula is C61H38N2. The Bertz CT molecular complexity index is 3590. The van der Waals surface area contributed by atoms with E-state index in [1.807, 2.05) is 0 Å². The van der Waals surface area contributed by atoms with Gasteiger partial charge in [-0.1, -0.05) is 194 Å². The van der Waals surface area contributed by atoms with Crippen LogP contribution in [0.15, 0.2) is 231 Å². The van der Waals surface area contributed by atoms with Crippen LogP contribution in [-0.2, 0) is 5.41 Å². The molecule has 14 rings (SSSR count). The van der Waals surface area contributed by atoms with Gasteiger partial charge in [0.05, 0.1) is 27.5 Å². The van der Waals surface area contributed by atoms with E-state index >= 15 is 0 Å². The fourth-order valence-corrected chi connectivity index (χ4v) is 11.7. The SMILES string of the molecule is c1ccc(-c2cccc(-n3c4ccccc4c4ccc5c(c43)C3(c4ccccc4-5)c4ccccc4-c4ccc5c6ccccc6n(-c6cccc(-c7ccccc7)c6)c5c43)c2)cc1. The zero-order valence-electron chi connectivity index (χ0n) is 34.3. The van der Waals surface area contributed by atoms with Gasteiger partial charge in [-0.3, -0.25) is 0 Å². The van der Waals surface area contributed by atoms with E-state index in [1.54, 1.807) is 0 Å². The molecule has 63 heavy (non-hydrogen) atoms. The van der Waals surface area contributed by atoms with Crippen LogP contribution < -0.4 is 0 Å². The highest BCUT2D eigenvalue weighted by atomic mass is 15.0. The van der Waals surface area contributed by atoms with Crippen LogP contribution in [0.3, 0.4) is 0 Å². The quantitative estimate of drug-likeness (QED) is 0.168. The van der Waals surface area contributed by atoms with Crippen molar-refractivity contribution in [1.29, 1.82) is 0 Å². The van der Waals surface area contributed by atoms with E-state index in [1.165, 1.54) is 110 Å². The van der Waals surface area contributed by atoms with Crippen LogP contribution in [0, 0.1) is 0 Å². The summed E-state index contributed by atoms with van der Waals surface area (Å²) in [5.74, 6) is 0. The second-order valence-corrected chi connectivity index (χ2v) is 17.1. The molecule has 2 aliphatic rings. The highest BCUT2D eigenvalue weighted by Gasteiger charge is 2.54. The van der Waals surface area contributed by atoms with Gasteiger partial charge in [0.15, 0.2) is 0 Å². The van der Waals surface area contributed by atoms with Crippen molar-refractivity contribution in [3.05, 3.63) is 253 Å². The van der Waals surface area contributed by atoms with Gasteiger partial charge < -0.3 is 9.13 Å². The van der Waals surface area contributed by atoms with E-state index in [0.717, 1.165) is 11.4 Å². The summed E-state index contributed by atoms with van der Waals surface area (Å²) in [5, 5.41) is 5.03. The molecule has 0 radical (unpaired) electrons. The Hall–Kier alpha value is -8.20. The third-order valence-corrected chi connectivity index (χ3v) is 14.1. The molecular weight excluding hydrogens is 761 g/mol. The first-order chi connectivity index (χ1) is 31.3. The minimum Gasteiger partial charge on any atom is -0.309 e. The van der Waals surface area contributed by atoms with Crippen molar-refractivity contribution < 1.29 is 0 Å². The predicted molar refractivity (Wildman–Crippen MR) is 262 cm³/mol. The minimum atomic E-state index is -0.650. The van der Waals surface area contributed by atoms with Crippen LogP contribution in [0.2, 0.25) is 0 Å². The Morgan fingerprint density at radius 2 is 0.667 bits per heavy atom. The van der Waals surface area contributed by atoms with Gasteiger partial charge in [0.1, 0.15) is 0 Å². The van der Waals surface area contributed by atoms with Crippen molar-refractivity contribution in [2.75, 3.05) is 0 Å². The molecule has 1 spiro atoms. The van der Waals surface area contributed by atoms with E-state index in [0.29, 0.717) is 0 Å². The lowest BCUT2D eigenvalue weighted by Gasteiger charge is -2.32. The maximum Gasteiger partial charge on any atom is 0.0767 e. The van der Waals surface area contributed by atoms with Gasteiger partial charge in [-0.2, -0.15) is 0 Å². The van der Waals surface area contributed by atoms with Crippen molar-refractivity contribution in [2.24, 2.45) is 0 Å². The summed E-state index contributed by atoms with van der Waals surface area (Å²) in [6.45, 7) is 0. The normalized spacial score (nSPS) is 13.2. The van der Waals surface area contributed by atoms with Gasteiger partial charge in [0.25, 0.3) is 0 Å². The number of fused-ring (bicyclic) bond motifs is 18. The molecule has 0 saturated heterocycles. The van der Waals surface area contributed by atoms with Crippen LogP contribution in [0.5, 0.6) is 0 Å². The van der Waals surface area contributed by atoms with E-state index in [-0.39, 0.29) is 0 Å². The molecule has 2 aromatic heterocycles. The molecule has 10 aromatic carbocycles. The molecule has 0 N–H and O–H groups in total. The summed E-state index contributed by atoms with van der Waals surface area (Å²) in [6.07, 6.45) is 0. The van der Waals surface area contributed by atoms with E-state index in [4.69, 9.17) is 0 Å². The van der Waals surface area contributed by atoms with Gasteiger partial charge in [0, 0.05) is 44.0 Å². The topological polar surface area (TPSA) is 9.86 Å². The average molecular weight is 799 g/mol. The van der Waals surface area contributed by atoms with Gasteiger partial charge in [-0.15, -0.1) is 0 Å². The first-order valence-electron chi connectivity index (χ1n) is 21.9. The highest BCUT2D eigenvalue weighted by Crippen LogP contribution is 2.66. The number of hydrogen-bond donors (Lipinski definition) is 0. The van der Waals surface area contributed by atoms with Gasteiger partial charge >= 0.3 is 0 Å². The van der Waals surface area contributed by atoms with Gasteiger partial charge in [0.2, 0.25) is 0 Å². The van der Waals surface area contributed by atoms with Crippen molar-refractivity contribution in [1.82, 2.24) is 9.13 Å². The van der Waals surface area contributed by atoms with Crippen molar-refractivity contribution in [3.63, 3.8) is 0 Å². The van der Waals surface area contributed by atoms with Gasteiger partial charge in [-0.25, -0.2) is 0 Å². The van der Waals surface area contributed by atoms with Crippen molar-refractivity contribution >= 4 is 43.6 Å². The summed E-state index contributed by atoms with van der Waals surface area (Å²) < 4.78 is 5.15. The smallest absolute Gasteiger partial charge is 0.0767 e. The Morgan fingerprint density at radius 1 is 0.270 bits per heavy atom.